The number of carbonyl (C=O) groups is 1. The summed E-state index contributed by atoms with van der Waals surface area (Å²) in [5.41, 5.74) is 5.47. The van der Waals surface area contributed by atoms with Gasteiger partial charge in [-0.05, 0) is 43.2 Å². The van der Waals surface area contributed by atoms with Crippen molar-refractivity contribution in [3.05, 3.63) is 65.4 Å². The van der Waals surface area contributed by atoms with Crippen LogP contribution in [0.1, 0.15) is 28.0 Å². The van der Waals surface area contributed by atoms with Crippen molar-refractivity contribution in [3.8, 4) is 0 Å². The van der Waals surface area contributed by atoms with Crippen LogP contribution < -0.4 is 21.1 Å². The van der Waals surface area contributed by atoms with E-state index in [1.54, 1.807) is 11.8 Å². The van der Waals surface area contributed by atoms with E-state index in [2.05, 4.69) is 31.1 Å². The number of hydrogen-bond donors (Lipinski definition) is 3. The number of halogens is 4. The summed E-state index contributed by atoms with van der Waals surface area (Å²) in [6.45, 7) is 3.77. The SMILES string of the molecule is Cc1cc(C(=O)NNc2ncc(F)c(N3CCCOCC3)n2)ncc1Nc1cccc(C(F)(F)F)c1. The molecule has 1 fully saturated rings. The van der Waals surface area contributed by atoms with Crippen LogP contribution in [0.15, 0.2) is 42.7 Å². The van der Waals surface area contributed by atoms with Crippen molar-refractivity contribution in [2.75, 3.05) is 41.9 Å². The van der Waals surface area contributed by atoms with Crippen LogP contribution in [0.2, 0.25) is 0 Å². The first-order valence-electron chi connectivity index (χ1n) is 11.0. The number of rotatable bonds is 6. The van der Waals surface area contributed by atoms with Crippen molar-refractivity contribution >= 4 is 29.0 Å². The van der Waals surface area contributed by atoms with Crippen LogP contribution in [-0.2, 0) is 10.9 Å². The summed E-state index contributed by atoms with van der Waals surface area (Å²) >= 11 is 0. The van der Waals surface area contributed by atoms with E-state index >= 15 is 0 Å². The number of nitrogens with one attached hydrogen (secondary N) is 3. The van der Waals surface area contributed by atoms with E-state index < -0.39 is 23.5 Å². The summed E-state index contributed by atoms with van der Waals surface area (Å²) in [4.78, 5) is 26.4. The number of benzene rings is 1. The number of aromatic nitrogens is 3. The van der Waals surface area contributed by atoms with Crippen molar-refractivity contribution in [1.29, 1.82) is 0 Å². The second kappa shape index (κ2) is 10.7. The quantitative estimate of drug-likeness (QED) is 0.340. The molecule has 1 amide bonds. The molecule has 1 aliphatic heterocycles. The molecule has 3 heterocycles. The minimum absolute atomic E-state index is 0.00975. The standard InChI is InChI=1S/C23H23F4N7O2/c1-14-10-18(28-13-19(14)30-16-5-2-4-15(11-16)23(25,26)27)21(35)32-33-22-29-12-17(24)20(31-22)34-6-3-8-36-9-7-34/h2,4-5,10-13,30H,3,6-9H2,1H3,(H,32,35)(H,29,31,33). The third-order valence-corrected chi connectivity index (χ3v) is 5.35. The van der Waals surface area contributed by atoms with Gasteiger partial charge in [-0.25, -0.2) is 14.4 Å². The lowest BCUT2D eigenvalue weighted by Gasteiger charge is -2.21. The van der Waals surface area contributed by atoms with Crippen LogP contribution in [0.5, 0.6) is 0 Å². The normalized spacial score (nSPS) is 14.2. The number of hydrogen-bond acceptors (Lipinski definition) is 8. The van der Waals surface area contributed by atoms with Gasteiger partial charge < -0.3 is 15.0 Å². The summed E-state index contributed by atoms with van der Waals surface area (Å²) in [7, 11) is 0. The first-order valence-corrected chi connectivity index (χ1v) is 11.0. The Bertz CT molecular complexity index is 1230. The topological polar surface area (TPSA) is 104 Å². The average Bonchev–Trinajstić information content (AvgIpc) is 3.14. The number of nitrogens with zero attached hydrogens (tertiary/aromatic N) is 4. The van der Waals surface area contributed by atoms with Crippen LogP contribution in [0.3, 0.4) is 0 Å². The van der Waals surface area contributed by atoms with E-state index in [0.29, 0.717) is 37.6 Å². The van der Waals surface area contributed by atoms with Crippen LogP contribution >= 0.6 is 0 Å². The zero-order valence-electron chi connectivity index (χ0n) is 19.2. The fourth-order valence-corrected chi connectivity index (χ4v) is 3.51. The Morgan fingerprint density at radius 2 is 1.94 bits per heavy atom. The monoisotopic (exact) mass is 505 g/mol. The molecule has 0 bridgehead atoms. The van der Waals surface area contributed by atoms with Crippen LogP contribution in [0.4, 0.5) is 40.7 Å². The maximum Gasteiger partial charge on any atom is 0.416 e. The molecule has 1 aliphatic rings. The van der Waals surface area contributed by atoms with E-state index in [9.17, 15) is 22.4 Å². The first-order chi connectivity index (χ1) is 17.2. The largest absolute Gasteiger partial charge is 0.416 e. The Labute approximate surface area is 203 Å². The number of carbonyl (C=O) groups excluding carboxylic acids is 1. The van der Waals surface area contributed by atoms with Gasteiger partial charge in [-0.15, -0.1) is 0 Å². The molecule has 190 valence electrons. The fourth-order valence-electron chi connectivity index (χ4n) is 3.51. The summed E-state index contributed by atoms with van der Waals surface area (Å²) in [6, 6.07) is 6.23. The lowest BCUT2D eigenvalue weighted by atomic mass is 10.1. The smallest absolute Gasteiger partial charge is 0.380 e. The molecule has 9 nitrogen and oxygen atoms in total. The Hall–Kier alpha value is -4.00. The minimum Gasteiger partial charge on any atom is -0.380 e. The van der Waals surface area contributed by atoms with E-state index in [4.69, 9.17) is 4.74 Å². The molecule has 0 spiro atoms. The Morgan fingerprint density at radius 3 is 2.72 bits per heavy atom. The summed E-state index contributed by atoms with van der Waals surface area (Å²) in [6.07, 6.45) is -1.37. The summed E-state index contributed by atoms with van der Waals surface area (Å²) in [5.74, 6) is -1.10. The van der Waals surface area contributed by atoms with Gasteiger partial charge >= 0.3 is 6.18 Å². The molecule has 13 heteroatoms. The molecule has 2 aromatic heterocycles. The van der Waals surface area contributed by atoms with Gasteiger partial charge in [-0.3, -0.25) is 15.6 Å². The molecule has 1 aromatic carbocycles. The molecular weight excluding hydrogens is 482 g/mol. The maximum absolute atomic E-state index is 14.3. The maximum atomic E-state index is 14.3. The number of aryl methyl sites for hydroxylation is 1. The van der Waals surface area contributed by atoms with Crippen LogP contribution in [0, 0.1) is 12.7 Å². The summed E-state index contributed by atoms with van der Waals surface area (Å²) < 4.78 is 58.5. The number of hydrazine groups is 1. The van der Waals surface area contributed by atoms with Gasteiger partial charge in [0.2, 0.25) is 5.95 Å². The predicted octanol–water partition coefficient (Wildman–Crippen LogP) is 4.07. The van der Waals surface area contributed by atoms with Gasteiger partial charge in [-0.1, -0.05) is 6.07 Å². The van der Waals surface area contributed by atoms with E-state index in [-0.39, 0.29) is 23.1 Å². The number of ether oxygens (including phenoxy) is 1. The van der Waals surface area contributed by atoms with Crippen LogP contribution in [0.25, 0.3) is 0 Å². The Kier molecular flexibility index (Phi) is 7.48. The van der Waals surface area contributed by atoms with Gasteiger partial charge in [0.05, 0.1) is 30.3 Å². The fraction of sp³-hybridized carbons (Fsp3) is 0.304. The zero-order chi connectivity index (χ0) is 25.7. The molecule has 4 rings (SSSR count). The van der Waals surface area contributed by atoms with Crippen molar-refractivity contribution in [1.82, 2.24) is 20.4 Å². The first kappa shape index (κ1) is 25.1. The third-order valence-electron chi connectivity index (χ3n) is 5.35. The molecule has 3 aromatic rings. The third kappa shape index (κ3) is 6.16. The molecule has 0 atom stereocenters. The van der Waals surface area contributed by atoms with Gasteiger partial charge in [0.25, 0.3) is 5.91 Å². The lowest BCUT2D eigenvalue weighted by molar-refractivity contribution is -0.137. The Morgan fingerprint density at radius 1 is 1.11 bits per heavy atom. The highest BCUT2D eigenvalue weighted by atomic mass is 19.4. The molecule has 3 N–H and O–H groups in total. The molecule has 0 radical (unpaired) electrons. The Balaban J connectivity index is 1.41. The number of pyridine rings is 1. The van der Waals surface area contributed by atoms with E-state index in [1.165, 1.54) is 24.4 Å². The van der Waals surface area contributed by atoms with Crippen molar-refractivity contribution < 1.29 is 27.1 Å². The lowest BCUT2D eigenvalue weighted by Crippen LogP contribution is -2.32. The predicted molar refractivity (Wildman–Crippen MR) is 124 cm³/mol. The highest BCUT2D eigenvalue weighted by Gasteiger charge is 2.30. The van der Waals surface area contributed by atoms with Crippen molar-refractivity contribution in [3.63, 3.8) is 0 Å². The molecule has 1 saturated heterocycles. The second-order valence-electron chi connectivity index (χ2n) is 7.99. The van der Waals surface area contributed by atoms with Gasteiger partial charge in [-0.2, -0.15) is 18.2 Å². The highest BCUT2D eigenvalue weighted by Crippen LogP contribution is 2.31. The number of amides is 1. The van der Waals surface area contributed by atoms with E-state index in [1.807, 2.05) is 0 Å². The molecule has 0 unspecified atom stereocenters. The molecule has 0 aliphatic carbocycles. The molecular formula is C23H23F4N7O2. The zero-order valence-corrected chi connectivity index (χ0v) is 19.2. The minimum atomic E-state index is -4.46. The van der Waals surface area contributed by atoms with Crippen LogP contribution in [-0.4, -0.2) is 47.2 Å². The van der Waals surface area contributed by atoms with Crippen molar-refractivity contribution in [2.24, 2.45) is 0 Å². The highest BCUT2D eigenvalue weighted by molar-refractivity contribution is 5.93. The number of anilines is 4. The van der Waals surface area contributed by atoms with Gasteiger partial charge in [0.15, 0.2) is 11.6 Å². The van der Waals surface area contributed by atoms with Crippen molar-refractivity contribution in [2.45, 2.75) is 19.5 Å². The van der Waals surface area contributed by atoms with Gasteiger partial charge in [0, 0.05) is 25.4 Å². The van der Waals surface area contributed by atoms with Gasteiger partial charge in [0.1, 0.15) is 5.69 Å². The number of alkyl halides is 3. The molecule has 0 saturated carbocycles. The average molecular weight is 505 g/mol. The van der Waals surface area contributed by atoms with E-state index in [0.717, 1.165) is 24.8 Å². The second-order valence-corrected chi connectivity index (χ2v) is 7.99. The molecule has 36 heavy (non-hydrogen) atoms. The summed E-state index contributed by atoms with van der Waals surface area (Å²) in [5, 5.41) is 2.88.